The van der Waals surface area contributed by atoms with E-state index in [1.54, 1.807) is 0 Å². The summed E-state index contributed by atoms with van der Waals surface area (Å²) in [6, 6.07) is 2.38. The number of hydrogen-bond donors (Lipinski definition) is 1. The van der Waals surface area contributed by atoms with Gasteiger partial charge < -0.3 is 4.98 Å². The minimum absolute atomic E-state index is 0.504. The average molecular weight is 258 g/mol. The van der Waals surface area contributed by atoms with Crippen molar-refractivity contribution in [2.45, 2.75) is 66.2 Å². The van der Waals surface area contributed by atoms with Crippen LogP contribution in [0.2, 0.25) is 0 Å². The molecule has 2 rings (SSSR count). The number of aromatic nitrogens is 2. The Morgan fingerprint density at radius 3 is 1.95 bits per heavy atom. The van der Waals surface area contributed by atoms with E-state index in [4.69, 9.17) is 4.98 Å². The largest absolute Gasteiger partial charge is 0.342 e. The molecule has 19 heavy (non-hydrogen) atoms. The molecule has 0 aliphatic carbocycles. The van der Waals surface area contributed by atoms with E-state index in [9.17, 15) is 0 Å². The maximum atomic E-state index is 4.72. The maximum Gasteiger partial charge on any atom is 0.104 e. The van der Waals surface area contributed by atoms with Gasteiger partial charge in [0.05, 0.1) is 11.0 Å². The Morgan fingerprint density at radius 2 is 1.47 bits per heavy atom. The molecule has 1 aromatic heterocycles. The smallest absolute Gasteiger partial charge is 0.104 e. The average Bonchev–Trinajstić information content (AvgIpc) is 2.66. The molecular weight excluding hydrogens is 232 g/mol. The van der Waals surface area contributed by atoms with Gasteiger partial charge in [0.15, 0.2) is 0 Å². The first-order chi connectivity index (χ1) is 8.82. The zero-order chi connectivity index (χ0) is 14.3. The van der Waals surface area contributed by atoms with Crippen LogP contribution in [0.5, 0.6) is 0 Å². The normalized spacial score (nSPS) is 12.3. The molecule has 0 saturated heterocycles. The standard InChI is InChI=1S/C17H26N2/c1-9(2)13-8-14(10(3)4)16-17(15(13)11(5)6)19-12(7)18-16/h8-11H,1-7H3,(H,18,19). The molecule has 0 bridgehead atoms. The number of aromatic amines is 1. The van der Waals surface area contributed by atoms with Gasteiger partial charge >= 0.3 is 0 Å². The summed E-state index contributed by atoms with van der Waals surface area (Å²) in [4.78, 5) is 8.21. The van der Waals surface area contributed by atoms with Crippen molar-refractivity contribution >= 4 is 11.0 Å². The Kier molecular flexibility index (Phi) is 3.71. The topological polar surface area (TPSA) is 28.7 Å². The monoisotopic (exact) mass is 258 g/mol. The van der Waals surface area contributed by atoms with E-state index in [1.807, 2.05) is 6.92 Å². The molecule has 1 heterocycles. The van der Waals surface area contributed by atoms with Crippen LogP contribution in [0, 0.1) is 6.92 Å². The molecule has 0 atom stereocenters. The van der Waals surface area contributed by atoms with Crippen LogP contribution in [0.1, 0.15) is 81.8 Å². The van der Waals surface area contributed by atoms with E-state index in [0.717, 1.165) is 5.82 Å². The number of H-pyrrole nitrogens is 1. The van der Waals surface area contributed by atoms with Crippen LogP contribution in [0.15, 0.2) is 6.07 Å². The number of benzene rings is 1. The number of aryl methyl sites for hydroxylation is 1. The molecule has 0 unspecified atom stereocenters. The lowest BCUT2D eigenvalue weighted by atomic mass is 9.85. The summed E-state index contributed by atoms with van der Waals surface area (Å²) in [6.07, 6.45) is 0. The summed E-state index contributed by atoms with van der Waals surface area (Å²) in [6.45, 7) is 15.6. The van der Waals surface area contributed by atoms with Crippen LogP contribution < -0.4 is 0 Å². The first kappa shape index (κ1) is 14.1. The minimum Gasteiger partial charge on any atom is -0.342 e. The van der Waals surface area contributed by atoms with Gasteiger partial charge in [0.25, 0.3) is 0 Å². The van der Waals surface area contributed by atoms with Gasteiger partial charge in [-0.15, -0.1) is 0 Å². The lowest BCUT2D eigenvalue weighted by Gasteiger charge is -2.20. The van der Waals surface area contributed by atoms with Crippen LogP contribution in [-0.4, -0.2) is 9.97 Å². The van der Waals surface area contributed by atoms with Crippen molar-refractivity contribution in [3.8, 4) is 0 Å². The SMILES string of the molecule is Cc1nc2c(C(C)C)cc(C(C)C)c(C(C)C)c2[nH]1. The molecule has 2 nitrogen and oxygen atoms in total. The van der Waals surface area contributed by atoms with Crippen LogP contribution in [0.25, 0.3) is 11.0 Å². The van der Waals surface area contributed by atoms with Crippen molar-refractivity contribution in [3.05, 3.63) is 28.6 Å². The van der Waals surface area contributed by atoms with Gasteiger partial charge in [0, 0.05) is 0 Å². The van der Waals surface area contributed by atoms with Crippen LogP contribution in [0.3, 0.4) is 0 Å². The first-order valence-electron chi connectivity index (χ1n) is 7.35. The quantitative estimate of drug-likeness (QED) is 0.801. The second-order valence-electron chi connectivity index (χ2n) is 6.48. The van der Waals surface area contributed by atoms with Crippen LogP contribution >= 0.6 is 0 Å². The number of hydrogen-bond acceptors (Lipinski definition) is 1. The highest BCUT2D eigenvalue weighted by Crippen LogP contribution is 2.36. The van der Waals surface area contributed by atoms with Crippen LogP contribution in [0.4, 0.5) is 0 Å². The van der Waals surface area contributed by atoms with E-state index in [2.05, 4.69) is 52.6 Å². The van der Waals surface area contributed by atoms with Gasteiger partial charge in [-0.05, 0) is 41.4 Å². The number of rotatable bonds is 3. The molecule has 0 radical (unpaired) electrons. The van der Waals surface area contributed by atoms with Crippen molar-refractivity contribution in [1.82, 2.24) is 9.97 Å². The Morgan fingerprint density at radius 1 is 0.895 bits per heavy atom. The second-order valence-corrected chi connectivity index (χ2v) is 6.48. The summed E-state index contributed by atoms with van der Waals surface area (Å²) in [5.41, 5.74) is 6.69. The van der Waals surface area contributed by atoms with E-state index in [-0.39, 0.29) is 0 Å². The van der Waals surface area contributed by atoms with E-state index in [1.165, 1.54) is 27.7 Å². The van der Waals surface area contributed by atoms with Gasteiger partial charge in [0.2, 0.25) is 0 Å². The second kappa shape index (κ2) is 4.99. The van der Waals surface area contributed by atoms with Crippen molar-refractivity contribution in [3.63, 3.8) is 0 Å². The fourth-order valence-electron chi connectivity index (χ4n) is 2.89. The third-order valence-corrected chi connectivity index (χ3v) is 3.81. The number of fused-ring (bicyclic) bond motifs is 1. The first-order valence-corrected chi connectivity index (χ1v) is 7.35. The minimum atomic E-state index is 0.504. The highest BCUT2D eigenvalue weighted by molar-refractivity contribution is 5.85. The molecule has 2 aromatic rings. The zero-order valence-corrected chi connectivity index (χ0v) is 13.3. The molecule has 0 amide bonds. The molecular formula is C17H26N2. The van der Waals surface area contributed by atoms with Crippen molar-refractivity contribution < 1.29 is 0 Å². The fourth-order valence-corrected chi connectivity index (χ4v) is 2.89. The zero-order valence-electron chi connectivity index (χ0n) is 13.3. The molecule has 2 heteroatoms. The Bertz CT molecular complexity index is 589. The molecule has 104 valence electrons. The third-order valence-electron chi connectivity index (χ3n) is 3.81. The molecule has 0 aliphatic rings. The highest BCUT2D eigenvalue weighted by Gasteiger charge is 2.20. The Balaban J connectivity index is 2.89. The Labute approximate surface area is 116 Å². The predicted octanol–water partition coefficient (Wildman–Crippen LogP) is 5.24. The van der Waals surface area contributed by atoms with E-state index >= 15 is 0 Å². The summed E-state index contributed by atoms with van der Waals surface area (Å²) in [5.74, 6) is 2.58. The molecule has 0 saturated carbocycles. The lowest BCUT2D eigenvalue weighted by molar-refractivity contribution is 0.786. The van der Waals surface area contributed by atoms with E-state index < -0.39 is 0 Å². The summed E-state index contributed by atoms with van der Waals surface area (Å²) in [5, 5.41) is 0. The van der Waals surface area contributed by atoms with Crippen molar-refractivity contribution in [2.24, 2.45) is 0 Å². The summed E-state index contributed by atoms with van der Waals surface area (Å²) in [7, 11) is 0. The summed E-state index contributed by atoms with van der Waals surface area (Å²) < 4.78 is 0. The lowest BCUT2D eigenvalue weighted by Crippen LogP contribution is -2.03. The van der Waals surface area contributed by atoms with Gasteiger partial charge in [0.1, 0.15) is 5.82 Å². The molecule has 0 fully saturated rings. The Hall–Kier alpha value is -1.31. The predicted molar refractivity (Wildman–Crippen MR) is 83.1 cm³/mol. The van der Waals surface area contributed by atoms with E-state index in [0.29, 0.717) is 17.8 Å². The van der Waals surface area contributed by atoms with Gasteiger partial charge in [-0.2, -0.15) is 0 Å². The molecule has 1 N–H and O–H groups in total. The summed E-state index contributed by atoms with van der Waals surface area (Å²) >= 11 is 0. The fraction of sp³-hybridized carbons (Fsp3) is 0.588. The number of nitrogens with zero attached hydrogens (tertiary/aromatic N) is 1. The van der Waals surface area contributed by atoms with Gasteiger partial charge in [-0.3, -0.25) is 0 Å². The van der Waals surface area contributed by atoms with Gasteiger partial charge in [-0.25, -0.2) is 4.98 Å². The van der Waals surface area contributed by atoms with Crippen LogP contribution in [-0.2, 0) is 0 Å². The molecule has 0 aliphatic heterocycles. The molecule has 1 aromatic carbocycles. The maximum absolute atomic E-state index is 4.72. The van der Waals surface area contributed by atoms with Crippen molar-refractivity contribution in [2.75, 3.05) is 0 Å². The third kappa shape index (κ3) is 2.41. The number of nitrogens with one attached hydrogen (secondary N) is 1. The van der Waals surface area contributed by atoms with Gasteiger partial charge in [-0.1, -0.05) is 47.6 Å². The number of imidazole rings is 1. The molecule has 0 spiro atoms. The highest BCUT2D eigenvalue weighted by atomic mass is 14.9. The van der Waals surface area contributed by atoms with Crippen molar-refractivity contribution in [1.29, 1.82) is 0 Å².